The Hall–Kier alpha value is -1.95. The largest absolute Gasteiger partial charge is 0.744 e. The van der Waals surface area contributed by atoms with Crippen molar-refractivity contribution in [1.29, 1.82) is 0 Å². The molecular weight excluding hydrogens is 322 g/mol. The SMILES string of the molecule is C=Cc1ccccc1C[N+](C)(C)C.Cc1ccc(S(=O)(=O)[O-])cc1. The third-order valence-electron chi connectivity index (χ3n) is 3.23. The summed E-state index contributed by atoms with van der Waals surface area (Å²) in [4.78, 5) is -0.178. The minimum atomic E-state index is -4.27. The highest BCUT2D eigenvalue weighted by atomic mass is 32.2. The number of rotatable bonds is 4. The molecule has 0 fully saturated rings. The summed E-state index contributed by atoms with van der Waals surface area (Å²) in [5, 5.41) is 0. The van der Waals surface area contributed by atoms with Crippen molar-refractivity contribution in [2.45, 2.75) is 18.4 Å². The zero-order valence-electron chi connectivity index (χ0n) is 14.7. The molecule has 0 aliphatic heterocycles. The normalized spacial score (nSPS) is 11.4. The Balaban J connectivity index is 0.000000243. The Labute approximate surface area is 145 Å². The van der Waals surface area contributed by atoms with Crippen molar-refractivity contribution in [3.63, 3.8) is 0 Å². The standard InChI is InChI=1S/C12H18N.C7H8O3S/c1-5-11-8-6-7-9-12(11)10-13(2,3)4;1-6-2-4-7(5-3-6)11(8,9)10/h5-9H,1,10H2,2-4H3;2-5H,1H3,(H,8,9,10)/q+1;/p-1. The maximum Gasteiger partial charge on any atom is 0.124 e. The van der Waals surface area contributed by atoms with E-state index in [9.17, 15) is 13.0 Å². The first-order valence-electron chi connectivity index (χ1n) is 7.56. The Morgan fingerprint density at radius 3 is 2.04 bits per heavy atom. The highest BCUT2D eigenvalue weighted by Crippen LogP contribution is 2.13. The molecule has 0 aliphatic carbocycles. The average molecular weight is 347 g/mol. The van der Waals surface area contributed by atoms with Gasteiger partial charge in [-0.05, 0) is 24.6 Å². The predicted molar refractivity (Wildman–Crippen MR) is 97.4 cm³/mol. The van der Waals surface area contributed by atoms with Gasteiger partial charge in [0.15, 0.2) is 0 Å². The minimum Gasteiger partial charge on any atom is -0.744 e. The van der Waals surface area contributed by atoms with E-state index in [-0.39, 0.29) is 4.90 Å². The molecule has 0 unspecified atom stereocenters. The van der Waals surface area contributed by atoms with Crippen molar-refractivity contribution >= 4 is 16.2 Å². The smallest absolute Gasteiger partial charge is 0.124 e. The van der Waals surface area contributed by atoms with Gasteiger partial charge >= 0.3 is 0 Å². The average Bonchev–Trinajstić information content (AvgIpc) is 2.46. The molecule has 0 heterocycles. The Kier molecular flexibility index (Phi) is 6.90. The van der Waals surface area contributed by atoms with Crippen LogP contribution in [0.5, 0.6) is 0 Å². The van der Waals surface area contributed by atoms with Gasteiger partial charge in [0.25, 0.3) is 0 Å². The molecule has 4 nitrogen and oxygen atoms in total. The van der Waals surface area contributed by atoms with E-state index in [0.29, 0.717) is 0 Å². The van der Waals surface area contributed by atoms with Gasteiger partial charge < -0.3 is 9.04 Å². The monoisotopic (exact) mass is 347 g/mol. The van der Waals surface area contributed by atoms with Crippen LogP contribution in [0.25, 0.3) is 6.08 Å². The summed E-state index contributed by atoms with van der Waals surface area (Å²) in [6.45, 7) is 6.68. The lowest BCUT2D eigenvalue weighted by Gasteiger charge is -2.24. The molecule has 0 spiro atoms. The van der Waals surface area contributed by atoms with Crippen LogP contribution in [0.4, 0.5) is 0 Å². The molecule has 0 saturated carbocycles. The van der Waals surface area contributed by atoms with Crippen LogP contribution in [0, 0.1) is 6.92 Å². The van der Waals surface area contributed by atoms with Crippen LogP contribution < -0.4 is 0 Å². The van der Waals surface area contributed by atoms with Gasteiger partial charge in [-0.1, -0.05) is 54.6 Å². The number of nitrogens with zero attached hydrogens (tertiary/aromatic N) is 1. The van der Waals surface area contributed by atoms with E-state index in [2.05, 4.69) is 52.0 Å². The number of quaternary nitrogens is 1. The fourth-order valence-corrected chi connectivity index (χ4v) is 2.56. The van der Waals surface area contributed by atoms with E-state index in [0.717, 1.165) is 16.6 Å². The van der Waals surface area contributed by atoms with Crippen LogP contribution in [0.2, 0.25) is 0 Å². The van der Waals surface area contributed by atoms with Crippen LogP contribution in [0.1, 0.15) is 16.7 Å². The van der Waals surface area contributed by atoms with E-state index >= 15 is 0 Å². The zero-order valence-corrected chi connectivity index (χ0v) is 15.5. The lowest BCUT2D eigenvalue weighted by atomic mass is 10.1. The molecule has 0 amide bonds. The van der Waals surface area contributed by atoms with Crippen molar-refractivity contribution in [2.24, 2.45) is 0 Å². The van der Waals surface area contributed by atoms with Crippen LogP contribution in [0.15, 0.2) is 60.0 Å². The van der Waals surface area contributed by atoms with Gasteiger partial charge in [-0.2, -0.15) is 0 Å². The first-order chi connectivity index (χ1) is 11.0. The molecule has 5 heteroatoms. The summed E-state index contributed by atoms with van der Waals surface area (Å²) in [6.07, 6.45) is 1.92. The summed E-state index contributed by atoms with van der Waals surface area (Å²) in [5.74, 6) is 0. The molecule has 0 N–H and O–H groups in total. The second kappa shape index (κ2) is 8.24. The first-order valence-corrected chi connectivity index (χ1v) is 8.97. The second-order valence-corrected chi connectivity index (χ2v) is 8.00. The second-order valence-electron chi connectivity index (χ2n) is 6.62. The lowest BCUT2D eigenvalue weighted by molar-refractivity contribution is -0.884. The molecule has 0 bridgehead atoms. The Morgan fingerprint density at radius 1 is 1.04 bits per heavy atom. The summed E-state index contributed by atoms with van der Waals surface area (Å²) in [6, 6.07) is 14.2. The van der Waals surface area contributed by atoms with Crippen molar-refractivity contribution < 1.29 is 17.5 Å². The quantitative estimate of drug-likeness (QED) is 0.629. The molecular formula is C19H25NO3S. The maximum atomic E-state index is 10.4. The van der Waals surface area contributed by atoms with Gasteiger partial charge in [-0.3, -0.25) is 0 Å². The fourth-order valence-electron chi connectivity index (χ4n) is 2.09. The van der Waals surface area contributed by atoms with E-state index < -0.39 is 10.1 Å². The Morgan fingerprint density at radius 2 is 1.58 bits per heavy atom. The molecule has 24 heavy (non-hydrogen) atoms. The van der Waals surface area contributed by atoms with Gasteiger partial charge in [-0.25, -0.2) is 8.42 Å². The number of benzene rings is 2. The van der Waals surface area contributed by atoms with Gasteiger partial charge in [0.1, 0.15) is 16.7 Å². The van der Waals surface area contributed by atoms with Crippen LogP contribution in [0.3, 0.4) is 0 Å². The number of hydrogen-bond acceptors (Lipinski definition) is 3. The summed E-state index contributed by atoms with van der Waals surface area (Å²) >= 11 is 0. The van der Waals surface area contributed by atoms with Crippen molar-refractivity contribution in [3.05, 3.63) is 71.8 Å². The van der Waals surface area contributed by atoms with Gasteiger partial charge in [0, 0.05) is 5.56 Å². The molecule has 0 saturated heterocycles. The topological polar surface area (TPSA) is 57.2 Å². The van der Waals surface area contributed by atoms with E-state index in [1.165, 1.54) is 23.3 Å². The molecule has 0 radical (unpaired) electrons. The summed E-state index contributed by atoms with van der Waals surface area (Å²) in [7, 11) is 2.31. The molecule has 0 aliphatic rings. The predicted octanol–water partition coefficient (Wildman–Crippen LogP) is 3.43. The first kappa shape index (κ1) is 20.1. The molecule has 0 aromatic heterocycles. The van der Waals surface area contributed by atoms with Crippen LogP contribution in [-0.2, 0) is 16.7 Å². The summed E-state index contributed by atoms with van der Waals surface area (Å²) < 4.78 is 32.1. The van der Waals surface area contributed by atoms with Crippen molar-refractivity contribution in [2.75, 3.05) is 21.1 Å². The highest BCUT2D eigenvalue weighted by Gasteiger charge is 2.09. The number of hydrogen-bond donors (Lipinski definition) is 0. The molecule has 130 valence electrons. The van der Waals surface area contributed by atoms with E-state index in [1.54, 1.807) is 12.1 Å². The Bertz CT molecular complexity index is 773. The number of aryl methyl sites for hydroxylation is 1. The molecule has 0 atom stereocenters. The van der Waals surface area contributed by atoms with Gasteiger partial charge in [0.05, 0.1) is 26.0 Å². The third-order valence-corrected chi connectivity index (χ3v) is 4.08. The van der Waals surface area contributed by atoms with Crippen LogP contribution >= 0.6 is 0 Å². The fraction of sp³-hybridized carbons (Fsp3) is 0.263. The van der Waals surface area contributed by atoms with Crippen molar-refractivity contribution in [3.8, 4) is 0 Å². The lowest BCUT2D eigenvalue weighted by Crippen LogP contribution is -2.33. The molecule has 2 aromatic rings. The molecule has 2 aromatic carbocycles. The van der Waals surface area contributed by atoms with Crippen LogP contribution in [-0.4, -0.2) is 38.6 Å². The van der Waals surface area contributed by atoms with E-state index in [4.69, 9.17) is 0 Å². The summed E-state index contributed by atoms with van der Waals surface area (Å²) in [5.41, 5.74) is 3.54. The third kappa shape index (κ3) is 7.08. The minimum absolute atomic E-state index is 0.178. The van der Waals surface area contributed by atoms with E-state index in [1.807, 2.05) is 13.0 Å². The van der Waals surface area contributed by atoms with Gasteiger partial charge in [0.2, 0.25) is 0 Å². The molecule has 2 rings (SSSR count). The van der Waals surface area contributed by atoms with Crippen molar-refractivity contribution in [1.82, 2.24) is 0 Å². The maximum absolute atomic E-state index is 10.4. The zero-order chi connectivity index (χ0) is 18.4. The van der Waals surface area contributed by atoms with Gasteiger partial charge in [-0.15, -0.1) is 0 Å². The highest BCUT2D eigenvalue weighted by molar-refractivity contribution is 7.85.